The van der Waals surface area contributed by atoms with E-state index in [1.807, 2.05) is 6.07 Å². The summed E-state index contributed by atoms with van der Waals surface area (Å²) in [4.78, 5) is 13.9. The van der Waals surface area contributed by atoms with Crippen molar-refractivity contribution in [3.63, 3.8) is 0 Å². The first-order valence-electron chi connectivity index (χ1n) is 9.11. The van der Waals surface area contributed by atoms with Crippen LogP contribution in [0.2, 0.25) is 0 Å². The van der Waals surface area contributed by atoms with Crippen LogP contribution in [0, 0.1) is 0 Å². The molecule has 0 amide bonds. The van der Waals surface area contributed by atoms with Crippen molar-refractivity contribution in [2.24, 2.45) is 7.05 Å². The van der Waals surface area contributed by atoms with E-state index in [0.29, 0.717) is 6.04 Å². The number of rotatable bonds is 4. The molecule has 2 aliphatic rings. The van der Waals surface area contributed by atoms with Crippen LogP contribution in [0.4, 0.5) is 11.6 Å². The Hall–Kier alpha value is -2.44. The third kappa shape index (κ3) is 3.36. The Morgan fingerprint density at radius 3 is 3.00 bits per heavy atom. The molecular weight excluding hydrogens is 316 g/mol. The molecule has 1 aliphatic carbocycles. The quantitative estimate of drug-likeness (QED) is 0.910. The topological polar surface area (TPSA) is 75.9 Å². The maximum absolute atomic E-state index is 11.6. The summed E-state index contributed by atoms with van der Waals surface area (Å²) in [5, 5.41) is 16.5. The van der Waals surface area contributed by atoms with Crippen LogP contribution in [0.25, 0.3) is 0 Å². The van der Waals surface area contributed by atoms with E-state index in [2.05, 4.69) is 31.6 Å². The van der Waals surface area contributed by atoms with Gasteiger partial charge in [-0.25, -0.2) is 4.68 Å². The van der Waals surface area contributed by atoms with E-state index in [1.54, 1.807) is 13.1 Å². The van der Waals surface area contributed by atoms with Gasteiger partial charge in [0, 0.05) is 32.2 Å². The summed E-state index contributed by atoms with van der Waals surface area (Å²) in [5.74, 6) is 1.73. The predicted molar refractivity (Wildman–Crippen MR) is 97.0 cm³/mol. The van der Waals surface area contributed by atoms with Gasteiger partial charge in [-0.1, -0.05) is 0 Å². The Balaban J connectivity index is 1.47. The van der Waals surface area contributed by atoms with Crippen molar-refractivity contribution >= 4 is 11.6 Å². The molecule has 0 bridgehead atoms. The van der Waals surface area contributed by atoms with Crippen LogP contribution < -0.4 is 15.8 Å². The number of hydrogen-bond donors (Lipinski definition) is 1. The smallest absolute Gasteiger partial charge is 0.266 e. The molecule has 3 heterocycles. The second-order valence-electron chi connectivity index (χ2n) is 6.93. The van der Waals surface area contributed by atoms with Crippen molar-refractivity contribution in [1.82, 2.24) is 20.0 Å². The van der Waals surface area contributed by atoms with Gasteiger partial charge in [0.05, 0.1) is 5.69 Å². The molecule has 0 radical (unpaired) electrons. The molecule has 2 aromatic heterocycles. The summed E-state index contributed by atoms with van der Waals surface area (Å²) in [7, 11) is 1.70. The molecule has 1 fully saturated rings. The van der Waals surface area contributed by atoms with Gasteiger partial charge in [0.1, 0.15) is 11.6 Å². The molecule has 0 spiro atoms. The minimum Gasteiger partial charge on any atom is -0.367 e. The maximum atomic E-state index is 11.6. The Morgan fingerprint density at radius 1 is 1.20 bits per heavy atom. The minimum absolute atomic E-state index is 0.0798. The van der Waals surface area contributed by atoms with E-state index in [-0.39, 0.29) is 5.56 Å². The van der Waals surface area contributed by atoms with Gasteiger partial charge in [-0.05, 0) is 56.2 Å². The van der Waals surface area contributed by atoms with Crippen LogP contribution in [0.1, 0.15) is 36.9 Å². The fraction of sp³-hybridized carbons (Fsp3) is 0.556. The van der Waals surface area contributed by atoms with Gasteiger partial charge in [-0.3, -0.25) is 4.79 Å². The van der Waals surface area contributed by atoms with Crippen LogP contribution in [-0.4, -0.2) is 39.1 Å². The fourth-order valence-corrected chi connectivity index (χ4v) is 3.80. The minimum atomic E-state index is -0.0798. The normalized spacial score (nSPS) is 19.7. The molecule has 25 heavy (non-hydrogen) atoms. The standard InChI is InChI=1S/C18H24N6O/c1-23-18(25)9-8-17(22-23)24-10-3-2-6-14(24)12-19-16-11-13-5-4-7-15(13)20-21-16/h8-9,11,14H,2-7,10,12H2,1H3,(H,19,21). The van der Waals surface area contributed by atoms with Crippen LogP contribution in [0.3, 0.4) is 0 Å². The number of piperidine rings is 1. The summed E-state index contributed by atoms with van der Waals surface area (Å²) in [6.07, 6.45) is 6.82. The van der Waals surface area contributed by atoms with Crippen molar-refractivity contribution in [1.29, 1.82) is 0 Å². The first kappa shape index (κ1) is 16.1. The maximum Gasteiger partial charge on any atom is 0.266 e. The molecule has 2 aromatic rings. The van der Waals surface area contributed by atoms with E-state index in [9.17, 15) is 4.79 Å². The molecule has 1 atom stereocenters. The van der Waals surface area contributed by atoms with Crippen molar-refractivity contribution in [2.45, 2.75) is 44.6 Å². The lowest BCUT2D eigenvalue weighted by Gasteiger charge is -2.36. The van der Waals surface area contributed by atoms with Crippen molar-refractivity contribution in [3.8, 4) is 0 Å². The lowest BCUT2D eigenvalue weighted by atomic mass is 10.0. The van der Waals surface area contributed by atoms with E-state index in [1.165, 1.54) is 23.1 Å². The highest BCUT2D eigenvalue weighted by molar-refractivity contribution is 5.42. The first-order valence-corrected chi connectivity index (χ1v) is 9.11. The van der Waals surface area contributed by atoms with E-state index in [0.717, 1.165) is 56.1 Å². The molecule has 1 saturated heterocycles. The van der Waals surface area contributed by atoms with Gasteiger partial charge in [-0.2, -0.15) is 10.2 Å². The summed E-state index contributed by atoms with van der Waals surface area (Å²) in [5.41, 5.74) is 2.40. The van der Waals surface area contributed by atoms with Crippen LogP contribution >= 0.6 is 0 Å². The third-order valence-electron chi connectivity index (χ3n) is 5.21. The highest BCUT2D eigenvalue weighted by Crippen LogP contribution is 2.24. The number of nitrogens with one attached hydrogen (secondary N) is 1. The number of aromatic nitrogens is 4. The van der Waals surface area contributed by atoms with E-state index in [4.69, 9.17) is 0 Å². The molecule has 7 nitrogen and oxygen atoms in total. The molecule has 1 aliphatic heterocycles. The number of anilines is 2. The Kier molecular flexibility index (Phi) is 4.38. The number of nitrogens with zero attached hydrogens (tertiary/aromatic N) is 5. The highest BCUT2D eigenvalue weighted by atomic mass is 16.1. The van der Waals surface area contributed by atoms with Crippen molar-refractivity contribution in [3.05, 3.63) is 39.8 Å². The SMILES string of the molecule is Cn1nc(N2CCCCC2CNc2cc3c(nn2)CCC3)ccc1=O. The predicted octanol–water partition coefficient (Wildman–Crippen LogP) is 1.53. The van der Waals surface area contributed by atoms with Gasteiger partial charge < -0.3 is 10.2 Å². The second-order valence-corrected chi connectivity index (χ2v) is 6.93. The first-order chi connectivity index (χ1) is 12.2. The third-order valence-corrected chi connectivity index (χ3v) is 5.21. The lowest BCUT2D eigenvalue weighted by Crippen LogP contribution is -2.45. The zero-order valence-electron chi connectivity index (χ0n) is 14.6. The number of aryl methyl sites for hydroxylation is 3. The van der Waals surface area contributed by atoms with Crippen molar-refractivity contribution < 1.29 is 0 Å². The number of hydrogen-bond acceptors (Lipinski definition) is 6. The Bertz CT molecular complexity index is 817. The summed E-state index contributed by atoms with van der Waals surface area (Å²) in [6, 6.07) is 5.91. The van der Waals surface area contributed by atoms with E-state index >= 15 is 0 Å². The molecule has 0 aromatic carbocycles. The largest absolute Gasteiger partial charge is 0.367 e. The molecule has 4 rings (SSSR count). The second kappa shape index (κ2) is 6.82. The van der Waals surface area contributed by atoms with Crippen LogP contribution in [0.15, 0.2) is 23.0 Å². The Morgan fingerprint density at radius 2 is 2.12 bits per heavy atom. The number of fused-ring (bicyclic) bond motifs is 1. The lowest BCUT2D eigenvalue weighted by molar-refractivity contribution is 0.464. The molecule has 132 valence electrons. The average Bonchev–Trinajstić information content (AvgIpc) is 3.10. The summed E-state index contributed by atoms with van der Waals surface area (Å²) in [6.45, 7) is 1.77. The molecular formula is C18H24N6O. The van der Waals surface area contributed by atoms with Gasteiger partial charge in [0.25, 0.3) is 5.56 Å². The zero-order chi connectivity index (χ0) is 17.2. The van der Waals surface area contributed by atoms with Crippen molar-refractivity contribution in [2.75, 3.05) is 23.3 Å². The monoisotopic (exact) mass is 340 g/mol. The molecule has 1 N–H and O–H groups in total. The fourth-order valence-electron chi connectivity index (χ4n) is 3.80. The zero-order valence-corrected chi connectivity index (χ0v) is 14.6. The van der Waals surface area contributed by atoms with Gasteiger partial charge >= 0.3 is 0 Å². The molecule has 1 unspecified atom stereocenters. The average molecular weight is 340 g/mol. The van der Waals surface area contributed by atoms with Gasteiger partial charge in [0.15, 0.2) is 0 Å². The summed E-state index contributed by atoms with van der Waals surface area (Å²) >= 11 is 0. The van der Waals surface area contributed by atoms with E-state index < -0.39 is 0 Å². The van der Waals surface area contributed by atoms with Gasteiger partial charge in [-0.15, -0.1) is 5.10 Å². The molecule has 7 heteroatoms. The highest BCUT2D eigenvalue weighted by Gasteiger charge is 2.24. The molecule has 0 saturated carbocycles. The Labute approximate surface area is 147 Å². The van der Waals surface area contributed by atoms with Crippen LogP contribution in [0.5, 0.6) is 0 Å². The van der Waals surface area contributed by atoms with Crippen LogP contribution in [-0.2, 0) is 19.9 Å². The summed E-state index contributed by atoms with van der Waals surface area (Å²) < 4.78 is 1.40. The van der Waals surface area contributed by atoms with Gasteiger partial charge in [0.2, 0.25) is 0 Å².